The lowest BCUT2D eigenvalue weighted by molar-refractivity contribution is -0.384. The van der Waals surface area contributed by atoms with E-state index in [4.69, 9.17) is 0 Å². The molecular weight excluding hydrogens is 272 g/mol. The predicted molar refractivity (Wildman–Crippen MR) is 79.6 cm³/mol. The zero-order valence-electron chi connectivity index (χ0n) is 11.6. The SMILES string of the molecule is CNc1cccc(C(=O)Nc2cncc(C)c2)c1[N+](=O)[O-]. The Labute approximate surface area is 121 Å². The number of aryl methyl sites for hydroxylation is 1. The summed E-state index contributed by atoms with van der Waals surface area (Å²) in [4.78, 5) is 26.8. The monoisotopic (exact) mass is 286 g/mol. The Balaban J connectivity index is 2.37. The number of pyridine rings is 1. The third-order valence-corrected chi connectivity index (χ3v) is 2.87. The van der Waals surface area contributed by atoms with Gasteiger partial charge in [0.2, 0.25) is 0 Å². The number of nitrogens with one attached hydrogen (secondary N) is 2. The van der Waals surface area contributed by atoms with Crippen LogP contribution in [0.4, 0.5) is 17.1 Å². The van der Waals surface area contributed by atoms with Crippen molar-refractivity contribution >= 4 is 23.0 Å². The zero-order valence-corrected chi connectivity index (χ0v) is 11.6. The lowest BCUT2D eigenvalue weighted by Gasteiger charge is -2.08. The molecule has 2 rings (SSSR count). The van der Waals surface area contributed by atoms with Crippen LogP contribution in [0.25, 0.3) is 0 Å². The van der Waals surface area contributed by atoms with Crippen molar-refractivity contribution in [3.05, 3.63) is 57.9 Å². The van der Waals surface area contributed by atoms with Crippen molar-refractivity contribution in [1.82, 2.24) is 4.98 Å². The van der Waals surface area contributed by atoms with E-state index in [1.54, 1.807) is 31.4 Å². The molecule has 0 atom stereocenters. The molecule has 0 aliphatic heterocycles. The minimum Gasteiger partial charge on any atom is -0.383 e. The van der Waals surface area contributed by atoms with Crippen LogP contribution in [0.2, 0.25) is 0 Å². The zero-order chi connectivity index (χ0) is 15.4. The molecule has 0 saturated heterocycles. The van der Waals surface area contributed by atoms with Crippen LogP contribution in [0.15, 0.2) is 36.7 Å². The minimum atomic E-state index is -0.574. The number of amides is 1. The van der Waals surface area contributed by atoms with E-state index < -0.39 is 10.8 Å². The second kappa shape index (κ2) is 6.00. The minimum absolute atomic E-state index is 0.00615. The van der Waals surface area contributed by atoms with Gasteiger partial charge in [-0.2, -0.15) is 0 Å². The van der Waals surface area contributed by atoms with Gasteiger partial charge in [0.05, 0.1) is 16.8 Å². The van der Waals surface area contributed by atoms with E-state index in [1.807, 2.05) is 6.92 Å². The van der Waals surface area contributed by atoms with Crippen molar-refractivity contribution in [3.8, 4) is 0 Å². The molecule has 1 amide bonds. The smallest absolute Gasteiger partial charge is 0.305 e. The van der Waals surface area contributed by atoms with Gasteiger partial charge in [0.25, 0.3) is 5.91 Å². The Kier molecular flexibility index (Phi) is 4.13. The molecule has 7 nitrogen and oxygen atoms in total. The number of hydrogen-bond donors (Lipinski definition) is 2. The van der Waals surface area contributed by atoms with Gasteiger partial charge in [-0.3, -0.25) is 19.9 Å². The van der Waals surface area contributed by atoms with Crippen LogP contribution < -0.4 is 10.6 Å². The molecule has 1 aromatic carbocycles. The van der Waals surface area contributed by atoms with Gasteiger partial charge in [-0.25, -0.2) is 0 Å². The number of benzene rings is 1. The number of carbonyl (C=O) groups is 1. The number of hydrogen-bond acceptors (Lipinski definition) is 5. The second-order valence-electron chi connectivity index (χ2n) is 4.41. The normalized spacial score (nSPS) is 10.0. The van der Waals surface area contributed by atoms with Gasteiger partial charge in [0.15, 0.2) is 0 Å². The van der Waals surface area contributed by atoms with Crippen LogP contribution in [0.5, 0.6) is 0 Å². The topological polar surface area (TPSA) is 97.2 Å². The Hall–Kier alpha value is -2.96. The molecule has 0 aliphatic carbocycles. The highest BCUT2D eigenvalue weighted by Gasteiger charge is 2.24. The largest absolute Gasteiger partial charge is 0.383 e. The fourth-order valence-corrected chi connectivity index (χ4v) is 1.95. The second-order valence-corrected chi connectivity index (χ2v) is 4.41. The van der Waals surface area contributed by atoms with Crippen LogP contribution in [0.1, 0.15) is 15.9 Å². The van der Waals surface area contributed by atoms with Gasteiger partial charge < -0.3 is 10.6 Å². The van der Waals surface area contributed by atoms with Crippen LogP contribution >= 0.6 is 0 Å². The Morgan fingerprint density at radius 3 is 2.71 bits per heavy atom. The molecule has 0 aliphatic rings. The maximum Gasteiger partial charge on any atom is 0.305 e. The summed E-state index contributed by atoms with van der Waals surface area (Å²) >= 11 is 0. The standard InChI is InChI=1S/C14H14N4O3/c1-9-6-10(8-16-7-9)17-14(19)11-4-3-5-12(15-2)13(11)18(20)21/h3-8,15H,1-2H3,(H,17,19). The molecule has 0 radical (unpaired) electrons. The van der Waals surface area contributed by atoms with Gasteiger partial charge in [0.1, 0.15) is 11.3 Å². The third kappa shape index (κ3) is 3.14. The molecule has 7 heteroatoms. The van der Waals surface area contributed by atoms with E-state index in [0.29, 0.717) is 5.69 Å². The molecule has 0 fully saturated rings. The van der Waals surface area contributed by atoms with E-state index >= 15 is 0 Å². The van der Waals surface area contributed by atoms with E-state index in [-0.39, 0.29) is 16.9 Å². The highest BCUT2D eigenvalue weighted by Crippen LogP contribution is 2.28. The summed E-state index contributed by atoms with van der Waals surface area (Å²) in [6.07, 6.45) is 3.14. The first-order chi connectivity index (χ1) is 10.0. The number of para-hydroxylation sites is 1. The van der Waals surface area contributed by atoms with E-state index in [2.05, 4.69) is 15.6 Å². The van der Waals surface area contributed by atoms with Crippen molar-refractivity contribution in [2.45, 2.75) is 6.92 Å². The predicted octanol–water partition coefficient (Wildman–Crippen LogP) is 2.59. The average Bonchev–Trinajstić information content (AvgIpc) is 2.46. The molecule has 2 aromatic rings. The number of nitro benzene ring substituents is 1. The van der Waals surface area contributed by atoms with Gasteiger partial charge in [-0.05, 0) is 30.7 Å². The number of aromatic nitrogens is 1. The molecule has 1 heterocycles. The van der Waals surface area contributed by atoms with Crippen molar-refractivity contribution in [2.75, 3.05) is 17.7 Å². The molecule has 0 bridgehead atoms. The summed E-state index contributed by atoms with van der Waals surface area (Å²) in [5.41, 5.74) is 1.40. The van der Waals surface area contributed by atoms with Gasteiger partial charge in [-0.15, -0.1) is 0 Å². The van der Waals surface area contributed by atoms with E-state index in [9.17, 15) is 14.9 Å². The molecule has 2 N–H and O–H groups in total. The maximum atomic E-state index is 12.2. The van der Waals surface area contributed by atoms with Gasteiger partial charge in [-0.1, -0.05) is 6.07 Å². The molecule has 108 valence electrons. The third-order valence-electron chi connectivity index (χ3n) is 2.87. The number of rotatable bonds is 4. The van der Waals surface area contributed by atoms with Crippen LogP contribution in [-0.4, -0.2) is 22.9 Å². The molecule has 0 saturated carbocycles. The Morgan fingerprint density at radius 1 is 1.33 bits per heavy atom. The van der Waals surface area contributed by atoms with Gasteiger partial charge >= 0.3 is 5.69 Å². The Bertz CT molecular complexity index is 700. The lowest BCUT2D eigenvalue weighted by atomic mass is 10.1. The summed E-state index contributed by atoms with van der Waals surface area (Å²) in [6.45, 7) is 1.84. The molecule has 1 aromatic heterocycles. The van der Waals surface area contributed by atoms with Crippen LogP contribution in [0.3, 0.4) is 0 Å². The number of carbonyl (C=O) groups excluding carboxylic acids is 1. The quantitative estimate of drug-likeness (QED) is 0.665. The molecule has 0 spiro atoms. The molecular formula is C14H14N4O3. The average molecular weight is 286 g/mol. The van der Waals surface area contributed by atoms with Crippen LogP contribution in [-0.2, 0) is 0 Å². The fraction of sp³-hybridized carbons (Fsp3) is 0.143. The Morgan fingerprint density at radius 2 is 2.10 bits per heavy atom. The first-order valence-corrected chi connectivity index (χ1v) is 6.21. The van der Waals surface area contributed by atoms with Crippen molar-refractivity contribution in [3.63, 3.8) is 0 Å². The summed E-state index contributed by atoms with van der Waals surface area (Å²) in [6, 6.07) is 6.28. The van der Waals surface area contributed by atoms with Crippen molar-refractivity contribution in [2.24, 2.45) is 0 Å². The number of nitro groups is 1. The van der Waals surface area contributed by atoms with Crippen LogP contribution in [0, 0.1) is 17.0 Å². The highest BCUT2D eigenvalue weighted by molar-refractivity contribution is 6.08. The van der Waals surface area contributed by atoms with Crippen molar-refractivity contribution in [1.29, 1.82) is 0 Å². The summed E-state index contributed by atoms with van der Waals surface area (Å²) in [5, 5.41) is 16.5. The first kappa shape index (κ1) is 14.4. The van der Waals surface area contributed by atoms with E-state index in [0.717, 1.165) is 5.56 Å². The van der Waals surface area contributed by atoms with E-state index in [1.165, 1.54) is 12.3 Å². The molecule has 0 unspecified atom stereocenters. The molecule has 21 heavy (non-hydrogen) atoms. The highest BCUT2D eigenvalue weighted by atomic mass is 16.6. The lowest BCUT2D eigenvalue weighted by Crippen LogP contribution is -2.15. The van der Waals surface area contributed by atoms with Gasteiger partial charge in [0, 0.05) is 13.2 Å². The summed E-state index contributed by atoms with van der Waals surface area (Å²) < 4.78 is 0. The summed E-state index contributed by atoms with van der Waals surface area (Å²) in [7, 11) is 1.56. The first-order valence-electron chi connectivity index (χ1n) is 6.21. The van der Waals surface area contributed by atoms with Crippen molar-refractivity contribution < 1.29 is 9.72 Å². The fourth-order valence-electron chi connectivity index (χ4n) is 1.95. The summed E-state index contributed by atoms with van der Waals surface area (Å²) in [5.74, 6) is -0.550. The number of nitrogens with zero attached hydrogens (tertiary/aromatic N) is 2. The maximum absolute atomic E-state index is 12.2. The number of anilines is 2.